The number of aliphatic imine (C=N–C) groups is 1. The van der Waals surface area contributed by atoms with Gasteiger partial charge in [0, 0.05) is 31.5 Å². The molecule has 1 saturated heterocycles. The Morgan fingerprint density at radius 1 is 1.50 bits per heavy atom. The van der Waals surface area contributed by atoms with Gasteiger partial charge in [0.05, 0.1) is 5.84 Å². The number of hydrogen-bond acceptors (Lipinski definition) is 3. The molecule has 0 aromatic rings. The molecule has 0 aromatic carbocycles. The van der Waals surface area contributed by atoms with Crippen LogP contribution in [0, 0.1) is 0 Å². The Bertz CT molecular complexity index is 262. The summed E-state index contributed by atoms with van der Waals surface area (Å²) in [5, 5.41) is 6.37. The first-order valence-electron chi connectivity index (χ1n) is 5.35. The fourth-order valence-electron chi connectivity index (χ4n) is 2.03. The topological polar surface area (TPSA) is 53.5 Å². The van der Waals surface area contributed by atoms with Crippen LogP contribution in [0.4, 0.5) is 0 Å². The molecule has 14 heavy (non-hydrogen) atoms. The van der Waals surface area contributed by atoms with Crippen LogP contribution in [0.3, 0.4) is 0 Å². The van der Waals surface area contributed by atoms with E-state index in [2.05, 4.69) is 15.6 Å². The summed E-state index contributed by atoms with van der Waals surface area (Å²) in [5.41, 5.74) is 0. The van der Waals surface area contributed by atoms with Crippen LogP contribution in [0.25, 0.3) is 0 Å². The molecule has 2 N–H and O–H groups in total. The van der Waals surface area contributed by atoms with Gasteiger partial charge in [0.2, 0.25) is 5.91 Å². The van der Waals surface area contributed by atoms with Crippen molar-refractivity contribution >= 4 is 11.7 Å². The maximum Gasteiger partial charge on any atom is 0.220 e. The van der Waals surface area contributed by atoms with Crippen LogP contribution in [0.1, 0.15) is 32.6 Å². The van der Waals surface area contributed by atoms with Gasteiger partial charge in [-0.05, 0) is 19.8 Å². The number of amidine groups is 1. The molecule has 0 saturated carbocycles. The summed E-state index contributed by atoms with van der Waals surface area (Å²) in [7, 11) is 0. The summed E-state index contributed by atoms with van der Waals surface area (Å²) in [6, 6.07) is 0.587. The Morgan fingerprint density at radius 3 is 3.00 bits per heavy atom. The van der Waals surface area contributed by atoms with E-state index in [0.717, 1.165) is 31.6 Å². The molecule has 0 radical (unpaired) electrons. The van der Waals surface area contributed by atoms with Crippen LogP contribution < -0.4 is 10.6 Å². The Hall–Kier alpha value is -1.06. The van der Waals surface area contributed by atoms with Crippen LogP contribution in [0.2, 0.25) is 0 Å². The minimum absolute atomic E-state index is 0.170. The SMILES string of the molecule is CC1NC(=O)CCC1NC1=NCCC1. The minimum Gasteiger partial charge on any atom is -0.369 e. The van der Waals surface area contributed by atoms with Gasteiger partial charge in [-0.3, -0.25) is 9.79 Å². The van der Waals surface area contributed by atoms with E-state index in [9.17, 15) is 4.79 Å². The summed E-state index contributed by atoms with van der Waals surface area (Å²) in [6.07, 6.45) is 3.79. The lowest BCUT2D eigenvalue weighted by atomic mass is 9.99. The number of nitrogens with zero attached hydrogens (tertiary/aromatic N) is 1. The van der Waals surface area contributed by atoms with E-state index in [1.165, 1.54) is 0 Å². The van der Waals surface area contributed by atoms with E-state index >= 15 is 0 Å². The zero-order chi connectivity index (χ0) is 9.97. The zero-order valence-electron chi connectivity index (χ0n) is 8.55. The zero-order valence-corrected chi connectivity index (χ0v) is 8.55. The Balaban J connectivity index is 1.88. The van der Waals surface area contributed by atoms with Crippen LogP contribution >= 0.6 is 0 Å². The van der Waals surface area contributed by atoms with Gasteiger partial charge in [0.1, 0.15) is 0 Å². The average Bonchev–Trinajstić information content (AvgIpc) is 2.62. The fraction of sp³-hybridized carbons (Fsp3) is 0.800. The van der Waals surface area contributed by atoms with Gasteiger partial charge in [-0.1, -0.05) is 0 Å². The Labute approximate surface area is 84.2 Å². The van der Waals surface area contributed by atoms with E-state index in [1.807, 2.05) is 6.92 Å². The molecule has 1 fully saturated rings. The third-order valence-corrected chi connectivity index (χ3v) is 2.90. The molecule has 4 nitrogen and oxygen atoms in total. The normalized spacial score (nSPS) is 32.4. The number of piperidine rings is 1. The third-order valence-electron chi connectivity index (χ3n) is 2.90. The highest BCUT2D eigenvalue weighted by Gasteiger charge is 2.25. The van der Waals surface area contributed by atoms with Crippen LogP contribution in [-0.2, 0) is 4.79 Å². The predicted octanol–water partition coefficient (Wildman–Crippen LogP) is 0.435. The molecule has 2 heterocycles. The smallest absolute Gasteiger partial charge is 0.220 e. The first-order valence-corrected chi connectivity index (χ1v) is 5.35. The lowest BCUT2D eigenvalue weighted by Crippen LogP contribution is -2.53. The standard InChI is InChI=1S/C10H17N3O/c1-7-8(4-5-10(14)12-7)13-9-3-2-6-11-9/h7-8H,2-6H2,1H3,(H,11,13)(H,12,14). The summed E-state index contributed by atoms with van der Waals surface area (Å²) in [5.74, 6) is 1.29. The number of rotatable bonds is 1. The molecule has 2 aliphatic rings. The van der Waals surface area contributed by atoms with E-state index in [1.54, 1.807) is 0 Å². The van der Waals surface area contributed by atoms with Gasteiger partial charge in [-0.25, -0.2) is 0 Å². The minimum atomic E-state index is 0.170. The molecule has 2 atom stereocenters. The largest absolute Gasteiger partial charge is 0.369 e. The molecule has 1 amide bonds. The van der Waals surface area contributed by atoms with E-state index in [-0.39, 0.29) is 11.9 Å². The van der Waals surface area contributed by atoms with Crippen molar-refractivity contribution in [3.8, 4) is 0 Å². The van der Waals surface area contributed by atoms with Crippen molar-refractivity contribution in [3.63, 3.8) is 0 Å². The van der Waals surface area contributed by atoms with Crippen molar-refractivity contribution < 1.29 is 4.79 Å². The van der Waals surface area contributed by atoms with Gasteiger partial charge in [-0.2, -0.15) is 0 Å². The number of amides is 1. The Kier molecular flexibility index (Phi) is 2.70. The van der Waals surface area contributed by atoms with Crippen molar-refractivity contribution in [2.45, 2.75) is 44.7 Å². The van der Waals surface area contributed by atoms with Gasteiger partial charge in [0.25, 0.3) is 0 Å². The quantitative estimate of drug-likeness (QED) is 0.637. The van der Waals surface area contributed by atoms with Gasteiger partial charge >= 0.3 is 0 Å². The van der Waals surface area contributed by atoms with Crippen molar-refractivity contribution in [3.05, 3.63) is 0 Å². The lowest BCUT2D eigenvalue weighted by Gasteiger charge is -2.30. The maximum atomic E-state index is 11.1. The second-order valence-corrected chi connectivity index (χ2v) is 4.08. The average molecular weight is 195 g/mol. The van der Waals surface area contributed by atoms with Crippen molar-refractivity contribution in [1.82, 2.24) is 10.6 Å². The van der Waals surface area contributed by atoms with E-state index < -0.39 is 0 Å². The molecule has 4 heteroatoms. The third kappa shape index (κ3) is 2.05. The second-order valence-electron chi connectivity index (χ2n) is 4.08. The van der Waals surface area contributed by atoms with Crippen LogP contribution in [0.15, 0.2) is 4.99 Å². The van der Waals surface area contributed by atoms with Gasteiger partial charge in [-0.15, -0.1) is 0 Å². The molecule has 0 bridgehead atoms. The van der Waals surface area contributed by atoms with Gasteiger partial charge in [0.15, 0.2) is 0 Å². The molecule has 2 aliphatic heterocycles. The summed E-state index contributed by atoms with van der Waals surface area (Å²) in [6.45, 7) is 3.00. The Morgan fingerprint density at radius 2 is 2.36 bits per heavy atom. The predicted molar refractivity (Wildman–Crippen MR) is 55.3 cm³/mol. The van der Waals surface area contributed by atoms with E-state index in [4.69, 9.17) is 0 Å². The molecule has 2 rings (SSSR count). The highest BCUT2D eigenvalue weighted by Crippen LogP contribution is 2.11. The first kappa shape index (κ1) is 9.49. The summed E-state index contributed by atoms with van der Waals surface area (Å²) < 4.78 is 0. The fourth-order valence-corrected chi connectivity index (χ4v) is 2.03. The summed E-state index contributed by atoms with van der Waals surface area (Å²) >= 11 is 0. The number of hydrogen-bond donors (Lipinski definition) is 2. The molecular weight excluding hydrogens is 178 g/mol. The maximum absolute atomic E-state index is 11.1. The highest BCUT2D eigenvalue weighted by molar-refractivity contribution is 5.84. The van der Waals surface area contributed by atoms with E-state index in [0.29, 0.717) is 12.5 Å². The second kappa shape index (κ2) is 3.98. The van der Waals surface area contributed by atoms with Crippen molar-refractivity contribution in [2.75, 3.05) is 6.54 Å². The molecular formula is C10H17N3O. The van der Waals surface area contributed by atoms with Crippen molar-refractivity contribution in [2.24, 2.45) is 4.99 Å². The lowest BCUT2D eigenvalue weighted by molar-refractivity contribution is -0.123. The number of carbonyl (C=O) groups is 1. The molecule has 0 spiro atoms. The molecule has 2 unspecified atom stereocenters. The first-order chi connectivity index (χ1) is 6.75. The van der Waals surface area contributed by atoms with Crippen molar-refractivity contribution in [1.29, 1.82) is 0 Å². The molecule has 0 aliphatic carbocycles. The molecule has 78 valence electrons. The number of carbonyl (C=O) groups excluding carboxylic acids is 1. The number of nitrogens with one attached hydrogen (secondary N) is 2. The van der Waals surface area contributed by atoms with Crippen LogP contribution in [0.5, 0.6) is 0 Å². The summed E-state index contributed by atoms with van der Waals surface area (Å²) in [4.78, 5) is 15.5. The monoisotopic (exact) mass is 195 g/mol. The van der Waals surface area contributed by atoms with Crippen LogP contribution in [-0.4, -0.2) is 30.4 Å². The highest BCUT2D eigenvalue weighted by atomic mass is 16.1. The molecule has 0 aromatic heterocycles. The van der Waals surface area contributed by atoms with Gasteiger partial charge < -0.3 is 10.6 Å².